The van der Waals surface area contributed by atoms with Crippen molar-refractivity contribution < 1.29 is 14.1 Å². The molecule has 2 aliphatic rings. The second kappa shape index (κ2) is 8.26. The highest BCUT2D eigenvalue weighted by atomic mass is 16.5. The Labute approximate surface area is 175 Å². The summed E-state index contributed by atoms with van der Waals surface area (Å²) < 4.78 is 11.8. The predicted octanol–water partition coefficient (Wildman–Crippen LogP) is 3.97. The number of aromatic nitrogens is 3. The van der Waals surface area contributed by atoms with Gasteiger partial charge in [0.25, 0.3) is 5.89 Å². The number of carbonyl (C=O) groups is 1. The van der Waals surface area contributed by atoms with Crippen molar-refractivity contribution in [1.29, 1.82) is 0 Å². The smallest absolute Gasteiger partial charge is 0.262 e. The first-order valence-corrected chi connectivity index (χ1v) is 10.6. The lowest BCUT2D eigenvalue weighted by Gasteiger charge is -2.21. The molecule has 7 nitrogen and oxygen atoms in total. The summed E-state index contributed by atoms with van der Waals surface area (Å²) in [5, 5.41) is 4.09. The molecule has 30 heavy (non-hydrogen) atoms. The van der Waals surface area contributed by atoms with Gasteiger partial charge in [0, 0.05) is 36.8 Å². The van der Waals surface area contributed by atoms with Crippen LogP contribution < -0.4 is 4.74 Å². The molecule has 2 aromatic heterocycles. The Balaban J connectivity index is 1.30. The minimum atomic E-state index is -0.0286. The largest absolute Gasteiger partial charge is 0.488 e. The van der Waals surface area contributed by atoms with Crippen LogP contribution in [-0.2, 0) is 4.79 Å². The van der Waals surface area contributed by atoms with E-state index in [2.05, 4.69) is 15.1 Å². The van der Waals surface area contributed by atoms with E-state index in [9.17, 15) is 4.79 Å². The van der Waals surface area contributed by atoms with Gasteiger partial charge >= 0.3 is 0 Å². The zero-order valence-electron chi connectivity index (χ0n) is 16.7. The lowest BCUT2D eigenvalue weighted by molar-refractivity contribution is -0.134. The fourth-order valence-corrected chi connectivity index (χ4v) is 4.33. The third kappa shape index (κ3) is 3.79. The minimum Gasteiger partial charge on any atom is -0.488 e. The van der Waals surface area contributed by atoms with Gasteiger partial charge in [-0.1, -0.05) is 30.1 Å². The van der Waals surface area contributed by atoms with Crippen molar-refractivity contribution in [3.8, 4) is 28.6 Å². The van der Waals surface area contributed by atoms with Gasteiger partial charge in [-0.3, -0.25) is 9.78 Å². The van der Waals surface area contributed by atoms with Gasteiger partial charge in [-0.05, 0) is 37.1 Å². The van der Waals surface area contributed by atoms with Gasteiger partial charge in [-0.15, -0.1) is 0 Å². The Hall–Kier alpha value is -3.22. The van der Waals surface area contributed by atoms with Crippen LogP contribution >= 0.6 is 0 Å². The molecular weight excluding hydrogens is 380 g/mol. The molecule has 2 fully saturated rings. The van der Waals surface area contributed by atoms with Gasteiger partial charge in [0.05, 0.1) is 12.1 Å². The lowest BCUT2D eigenvalue weighted by atomic mass is 10.1. The minimum absolute atomic E-state index is 0.0286. The van der Waals surface area contributed by atoms with Crippen LogP contribution in [0.15, 0.2) is 53.3 Å². The molecule has 3 aromatic rings. The molecule has 154 valence electrons. The number of amides is 1. The Morgan fingerprint density at radius 1 is 1.07 bits per heavy atom. The highest BCUT2D eigenvalue weighted by Crippen LogP contribution is 2.33. The van der Waals surface area contributed by atoms with Crippen LogP contribution in [0.25, 0.3) is 22.8 Å². The summed E-state index contributed by atoms with van der Waals surface area (Å²) in [6.45, 7) is 1.39. The topological polar surface area (TPSA) is 81.4 Å². The number of para-hydroxylation sites is 1. The van der Waals surface area contributed by atoms with Crippen molar-refractivity contribution >= 4 is 5.91 Å². The van der Waals surface area contributed by atoms with E-state index in [-0.39, 0.29) is 12.0 Å². The Morgan fingerprint density at radius 2 is 1.87 bits per heavy atom. The van der Waals surface area contributed by atoms with Crippen molar-refractivity contribution in [2.75, 3.05) is 13.1 Å². The molecule has 7 heteroatoms. The predicted molar refractivity (Wildman–Crippen MR) is 111 cm³/mol. The van der Waals surface area contributed by atoms with Crippen molar-refractivity contribution in [2.45, 2.75) is 38.2 Å². The van der Waals surface area contributed by atoms with E-state index in [1.165, 1.54) is 12.8 Å². The Kier molecular flexibility index (Phi) is 5.17. The number of benzene rings is 1. The Morgan fingerprint density at radius 3 is 2.70 bits per heavy atom. The van der Waals surface area contributed by atoms with E-state index in [1.54, 1.807) is 12.4 Å². The highest BCUT2D eigenvalue weighted by molar-refractivity contribution is 5.79. The molecule has 0 bridgehead atoms. The molecule has 1 atom stereocenters. The number of rotatable bonds is 5. The number of ether oxygens (including phenoxy) is 1. The van der Waals surface area contributed by atoms with Crippen LogP contribution in [-0.4, -0.2) is 45.1 Å². The first-order valence-electron chi connectivity index (χ1n) is 10.6. The van der Waals surface area contributed by atoms with Crippen LogP contribution in [0, 0.1) is 5.92 Å². The van der Waals surface area contributed by atoms with Crippen LogP contribution in [0.1, 0.15) is 32.1 Å². The summed E-state index contributed by atoms with van der Waals surface area (Å²) in [5.74, 6) is 2.13. The van der Waals surface area contributed by atoms with Gasteiger partial charge < -0.3 is 14.2 Å². The summed E-state index contributed by atoms with van der Waals surface area (Å²) in [6, 6.07) is 11.3. The van der Waals surface area contributed by atoms with Crippen molar-refractivity contribution in [3.63, 3.8) is 0 Å². The number of carbonyl (C=O) groups excluding carboxylic acids is 1. The average Bonchev–Trinajstić information content (AvgIpc) is 3.56. The molecule has 1 aromatic carbocycles. The molecule has 0 radical (unpaired) electrons. The number of pyridine rings is 1. The van der Waals surface area contributed by atoms with E-state index < -0.39 is 0 Å². The molecule has 1 aliphatic carbocycles. The number of hydrogen-bond acceptors (Lipinski definition) is 6. The lowest BCUT2D eigenvalue weighted by Crippen LogP contribution is -2.34. The van der Waals surface area contributed by atoms with Gasteiger partial charge in [0.15, 0.2) is 0 Å². The normalized spacial score (nSPS) is 19.3. The van der Waals surface area contributed by atoms with Crippen molar-refractivity contribution in [2.24, 2.45) is 5.92 Å². The average molecular weight is 404 g/mol. The van der Waals surface area contributed by atoms with Crippen LogP contribution in [0.5, 0.6) is 5.75 Å². The second-order valence-electron chi connectivity index (χ2n) is 7.95. The third-order valence-electron chi connectivity index (χ3n) is 5.94. The molecule has 1 saturated carbocycles. The van der Waals surface area contributed by atoms with Gasteiger partial charge in [-0.2, -0.15) is 4.98 Å². The quantitative estimate of drug-likeness (QED) is 0.640. The number of likely N-dealkylation sites (tertiary alicyclic amines) is 1. The first-order chi connectivity index (χ1) is 14.8. The summed E-state index contributed by atoms with van der Waals surface area (Å²) >= 11 is 0. The first kappa shape index (κ1) is 18.8. The van der Waals surface area contributed by atoms with Crippen LogP contribution in [0.2, 0.25) is 0 Å². The zero-order valence-corrected chi connectivity index (χ0v) is 16.7. The third-order valence-corrected chi connectivity index (χ3v) is 5.94. The van der Waals surface area contributed by atoms with Crippen LogP contribution in [0.3, 0.4) is 0 Å². The summed E-state index contributed by atoms with van der Waals surface area (Å²) in [4.78, 5) is 23.2. The van der Waals surface area contributed by atoms with Crippen molar-refractivity contribution in [3.05, 3.63) is 48.8 Å². The highest BCUT2D eigenvalue weighted by Gasteiger charge is 2.33. The fourth-order valence-electron chi connectivity index (χ4n) is 4.33. The number of hydrogen-bond donors (Lipinski definition) is 0. The van der Waals surface area contributed by atoms with E-state index in [4.69, 9.17) is 9.26 Å². The molecule has 0 N–H and O–H groups in total. The molecule has 1 amide bonds. The molecule has 1 unspecified atom stereocenters. The molecular formula is C23H24N4O3. The maximum Gasteiger partial charge on any atom is 0.262 e. The monoisotopic (exact) mass is 404 g/mol. The SMILES string of the molecule is O=C(C1CCCC1)N1CCC(Oc2ccccc2-c2nc(-c3ccncc3)no2)C1. The molecule has 5 rings (SSSR count). The molecule has 1 aliphatic heterocycles. The second-order valence-corrected chi connectivity index (χ2v) is 7.95. The standard InChI is InChI=1S/C23H24N4O3/c28-23(17-5-1-2-6-17)27-14-11-18(15-27)29-20-8-4-3-7-19(20)22-25-21(26-30-22)16-9-12-24-13-10-16/h3-4,7-10,12-13,17-18H,1-2,5-6,11,14-15H2. The summed E-state index contributed by atoms with van der Waals surface area (Å²) in [7, 11) is 0. The molecule has 1 saturated heterocycles. The van der Waals surface area contributed by atoms with E-state index in [1.807, 2.05) is 41.3 Å². The summed E-state index contributed by atoms with van der Waals surface area (Å²) in [6.07, 6.45) is 8.59. The van der Waals surface area contributed by atoms with E-state index in [0.29, 0.717) is 29.9 Å². The zero-order chi connectivity index (χ0) is 20.3. The van der Waals surface area contributed by atoms with Crippen molar-refractivity contribution in [1.82, 2.24) is 20.0 Å². The van der Waals surface area contributed by atoms with Gasteiger partial charge in [0.2, 0.25) is 11.7 Å². The van der Waals surface area contributed by atoms with E-state index in [0.717, 1.165) is 36.9 Å². The van der Waals surface area contributed by atoms with Gasteiger partial charge in [0.1, 0.15) is 11.9 Å². The van der Waals surface area contributed by atoms with Crippen LogP contribution in [0.4, 0.5) is 0 Å². The van der Waals surface area contributed by atoms with Gasteiger partial charge in [-0.25, -0.2) is 0 Å². The molecule has 0 spiro atoms. The van der Waals surface area contributed by atoms with E-state index >= 15 is 0 Å². The maximum atomic E-state index is 12.7. The Bertz CT molecular complexity index is 1010. The molecule has 3 heterocycles. The number of nitrogens with zero attached hydrogens (tertiary/aromatic N) is 4. The fraction of sp³-hybridized carbons (Fsp3) is 0.391. The maximum absolute atomic E-state index is 12.7. The summed E-state index contributed by atoms with van der Waals surface area (Å²) in [5.41, 5.74) is 1.60.